The van der Waals surface area contributed by atoms with E-state index < -0.39 is 34.9 Å². The monoisotopic (exact) mass is 401 g/mol. The van der Waals surface area contributed by atoms with Gasteiger partial charge >= 0.3 is 6.18 Å². The van der Waals surface area contributed by atoms with Gasteiger partial charge in [0.2, 0.25) is 0 Å². The minimum absolute atomic E-state index is 0.427. The number of aromatic nitrogens is 2. The van der Waals surface area contributed by atoms with Crippen LogP contribution in [0.3, 0.4) is 0 Å². The Morgan fingerprint density at radius 1 is 1.14 bits per heavy atom. The molecule has 0 aliphatic carbocycles. The number of benzene rings is 1. The highest BCUT2D eigenvalue weighted by Crippen LogP contribution is 2.42. The number of fused-ring (bicyclic) bond motifs is 2. The van der Waals surface area contributed by atoms with Gasteiger partial charge in [0.25, 0.3) is 11.5 Å². The van der Waals surface area contributed by atoms with E-state index in [0.29, 0.717) is 34.4 Å². The molecule has 0 radical (unpaired) electrons. The average molecular weight is 401 g/mol. The number of alkyl halides is 3. The summed E-state index contributed by atoms with van der Waals surface area (Å²) in [5.74, 6) is 0.216. The van der Waals surface area contributed by atoms with Gasteiger partial charge in [0.1, 0.15) is 22.8 Å². The molecule has 0 fully saturated rings. The van der Waals surface area contributed by atoms with Crippen LogP contribution in [0.15, 0.2) is 53.5 Å². The smallest absolute Gasteiger partial charge is 0.431 e. The van der Waals surface area contributed by atoms with Crippen molar-refractivity contribution in [3.05, 3.63) is 87.1 Å². The van der Waals surface area contributed by atoms with Gasteiger partial charge in [-0.3, -0.25) is 14.6 Å². The van der Waals surface area contributed by atoms with Crippen molar-refractivity contribution in [2.75, 3.05) is 0 Å². The lowest BCUT2D eigenvalue weighted by Crippen LogP contribution is -2.35. The fraction of sp³-hybridized carbons (Fsp3) is 0.150. The second kappa shape index (κ2) is 6.77. The minimum atomic E-state index is -4.71. The Bertz CT molecular complexity index is 1170. The number of nitrogens with one attached hydrogen (secondary N) is 2. The Kier molecular flexibility index (Phi) is 4.37. The molecule has 1 aromatic carbocycles. The van der Waals surface area contributed by atoms with Crippen LogP contribution >= 0.6 is 0 Å². The number of hydrogen-bond donors (Lipinski definition) is 2. The molecule has 0 saturated carbocycles. The lowest BCUT2D eigenvalue weighted by Gasteiger charge is -2.28. The Labute approximate surface area is 162 Å². The number of hydrogen-bond acceptors (Lipinski definition) is 4. The summed E-state index contributed by atoms with van der Waals surface area (Å²) in [5.41, 5.74) is -0.843. The number of pyridine rings is 2. The van der Waals surface area contributed by atoms with Gasteiger partial charge in [0.05, 0.1) is 6.04 Å². The number of ether oxygens (including phenoxy) is 1. The van der Waals surface area contributed by atoms with E-state index in [9.17, 15) is 22.8 Å². The van der Waals surface area contributed by atoms with Gasteiger partial charge in [0.15, 0.2) is 0 Å². The number of aryl methyl sites for hydroxylation is 1. The van der Waals surface area contributed by atoms with Crippen molar-refractivity contribution >= 4 is 5.91 Å². The van der Waals surface area contributed by atoms with Crippen molar-refractivity contribution in [1.29, 1.82) is 0 Å². The predicted molar refractivity (Wildman–Crippen MR) is 96.9 cm³/mol. The highest BCUT2D eigenvalue weighted by molar-refractivity contribution is 5.94. The van der Waals surface area contributed by atoms with Crippen LogP contribution in [-0.4, -0.2) is 15.9 Å². The van der Waals surface area contributed by atoms with E-state index in [0.717, 1.165) is 6.07 Å². The summed E-state index contributed by atoms with van der Waals surface area (Å²) in [6.45, 7) is 1.79. The topological polar surface area (TPSA) is 84.1 Å². The first kappa shape index (κ1) is 18.7. The highest BCUT2D eigenvalue weighted by atomic mass is 19.4. The third kappa shape index (κ3) is 3.46. The molecule has 6 nitrogen and oxygen atoms in total. The quantitative estimate of drug-likeness (QED) is 0.686. The predicted octanol–water partition coefficient (Wildman–Crippen LogP) is 3.72. The zero-order valence-electron chi connectivity index (χ0n) is 15.0. The normalized spacial score (nSPS) is 15.1. The second-order valence-corrected chi connectivity index (χ2v) is 6.52. The number of rotatable bonds is 2. The lowest BCUT2D eigenvalue weighted by atomic mass is 9.95. The molecule has 2 N–H and O–H groups in total. The van der Waals surface area contributed by atoms with Crippen LogP contribution in [0.25, 0.3) is 0 Å². The van der Waals surface area contributed by atoms with Crippen molar-refractivity contribution in [3.8, 4) is 11.5 Å². The first-order chi connectivity index (χ1) is 13.7. The van der Waals surface area contributed by atoms with E-state index >= 15 is 0 Å². The number of carbonyl (C=O) groups excluding carboxylic acids is 1. The zero-order valence-corrected chi connectivity index (χ0v) is 15.0. The maximum Gasteiger partial charge on any atom is 0.431 e. The molecule has 29 heavy (non-hydrogen) atoms. The van der Waals surface area contributed by atoms with Gasteiger partial charge in [0, 0.05) is 29.1 Å². The van der Waals surface area contributed by atoms with Gasteiger partial charge in [-0.05, 0) is 25.1 Å². The SMILES string of the molecule is Cc1cc2c(cn1)C(NC(=O)c1ccc(C(F)(F)F)[nH]c1=O)c1ccccc1O2. The molecule has 3 aromatic rings. The Morgan fingerprint density at radius 2 is 1.90 bits per heavy atom. The second-order valence-electron chi connectivity index (χ2n) is 6.52. The molecule has 0 bridgehead atoms. The Morgan fingerprint density at radius 3 is 2.62 bits per heavy atom. The van der Waals surface area contributed by atoms with Crippen molar-refractivity contribution in [1.82, 2.24) is 15.3 Å². The summed E-state index contributed by atoms with van der Waals surface area (Å²) in [6.07, 6.45) is -3.15. The summed E-state index contributed by atoms with van der Waals surface area (Å²) < 4.78 is 44.1. The molecule has 1 unspecified atom stereocenters. The van der Waals surface area contributed by atoms with Crippen molar-refractivity contribution in [2.24, 2.45) is 0 Å². The molecule has 4 rings (SSSR count). The molecule has 0 saturated heterocycles. The van der Waals surface area contributed by atoms with E-state index in [-0.39, 0.29) is 0 Å². The molecular formula is C20H14F3N3O3. The fourth-order valence-electron chi connectivity index (χ4n) is 3.13. The van der Waals surface area contributed by atoms with E-state index in [1.54, 1.807) is 48.4 Å². The third-order valence-corrected chi connectivity index (χ3v) is 4.53. The van der Waals surface area contributed by atoms with Gasteiger partial charge < -0.3 is 15.0 Å². The first-order valence-electron chi connectivity index (χ1n) is 8.59. The molecule has 1 atom stereocenters. The standard InChI is InChI=1S/C20H14F3N3O3/c1-10-8-15-13(9-24-10)17(11-4-2-3-5-14(11)29-15)26-19(28)12-6-7-16(20(21,22)23)25-18(12)27/h2-9,17H,1H3,(H,25,27)(H,26,28). The van der Waals surface area contributed by atoms with Gasteiger partial charge in [-0.1, -0.05) is 18.2 Å². The molecule has 148 valence electrons. The number of carbonyl (C=O) groups is 1. The van der Waals surface area contributed by atoms with Crippen LogP contribution in [0, 0.1) is 6.92 Å². The van der Waals surface area contributed by atoms with E-state index in [1.807, 2.05) is 0 Å². The third-order valence-electron chi connectivity index (χ3n) is 4.53. The van der Waals surface area contributed by atoms with Crippen LogP contribution in [0.1, 0.15) is 38.9 Å². The van der Waals surface area contributed by atoms with Crippen LogP contribution < -0.4 is 15.6 Å². The van der Waals surface area contributed by atoms with Gasteiger partial charge in [-0.2, -0.15) is 13.2 Å². The largest absolute Gasteiger partial charge is 0.456 e. The van der Waals surface area contributed by atoms with Gasteiger partial charge in [-0.25, -0.2) is 0 Å². The van der Waals surface area contributed by atoms with Crippen molar-refractivity contribution in [2.45, 2.75) is 19.1 Å². The van der Waals surface area contributed by atoms with Crippen LogP contribution in [0.2, 0.25) is 0 Å². The molecule has 2 aromatic heterocycles. The fourth-order valence-corrected chi connectivity index (χ4v) is 3.13. The summed E-state index contributed by atoms with van der Waals surface area (Å²) >= 11 is 0. The number of aromatic amines is 1. The molecule has 1 aliphatic rings. The van der Waals surface area contributed by atoms with E-state index in [2.05, 4.69) is 10.3 Å². The number of nitrogens with zero attached hydrogens (tertiary/aromatic N) is 1. The van der Waals surface area contributed by atoms with Gasteiger partial charge in [-0.15, -0.1) is 0 Å². The lowest BCUT2D eigenvalue weighted by molar-refractivity contribution is -0.141. The first-order valence-corrected chi connectivity index (χ1v) is 8.59. The minimum Gasteiger partial charge on any atom is -0.456 e. The summed E-state index contributed by atoms with van der Waals surface area (Å²) in [4.78, 5) is 30.7. The number of amides is 1. The van der Waals surface area contributed by atoms with Crippen LogP contribution in [-0.2, 0) is 6.18 Å². The Balaban J connectivity index is 1.71. The van der Waals surface area contributed by atoms with E-state index in [4.69, 9.17) is 4.74 Å². The summed E-state index contributed by atoms with van der Waals surface area (Å²) in [7, 11) is 0. The molecule has 3 heterocycles. The molecule has 0 spiro atoms. The molecule has 9 heteroatoms. The maximum atomic E-state index is 12.7. The number of H-pyrrole nitrogens is 1. The van der Waals surface area contributed by atoms with Crippen molar-refractivity contribution < 1.29 is 22.7 Å². The van der Waals surface area contributed by atoms with E-state index in [1.165, 1.54) is 0 Å². The number of halogens is 3. The average Bonchev–Trinajstić information content (AvgIpc) is 2.66. The maximum absolute atomic E-state index is 12.7. The molecule has 1 aliphatic heterocycles. The van der Waals surface area contributed by atoms with Crippen molar-refractivity contribution in [3.63, 3.8) is 0 Å². The van der Waals surface area contributed by atoms with Crippen LogP contribution in [0.4, 0.5) is 13.2 Å². The number of para-hydroxylation sites is 1. The highest BCUT2D eigenvalue weighted by Gasteiger charge is 2.33. The molecular weight excluding hydrogens is 387 g/mol. The van der Waals surface area contributed by atoms with Crippen LogP contribution in [0.5, 0.6) is 11.5 Å². The summed E-state index contributed by atoms with van der Waals surface area (Å²) in [5, 5.41) is 2.71. The Hall–Kier alpha value is -3.62. The molecule has 1 amide bonds. The summed E-state index contributed by atoms with van der Waals surface area (Å²) in [6, 6.07) is 9.57. The zero-order chi connectivity index (χ0) is 20.8.